The predicted molar refractivity (Wildman–Crippen MR) is 105 cm³/mol. The van der Waals surface area contributed by atoms with E-state index >= 15 is 0 Å². The van der Waals surface area contributed by atoms with Gasteiger partial charge in [-0.1, -0.05) is 15.9 Å². The summed E-state index contributed by atoms with van der Waals surface area (Å²) in [6, 6.07) is 9.15. The van der Waals surface area contributed by atoms with Crippen LogP contribution in [0.1, 0.15) is 23.0 Å². The average molecular weight is 445 g/mol. The molecule has 0 unspecified atom stereocenters. The number of fused-ring (bicyclic) bond motifs is 2. The van der Waals surface area contributed by atoms with E-state index in [1.807, 2.05) is 6.07 Å². The molecular weight excluding hydrogens is 431 g/mol. The van der Waals surface area contributed by atoms with Crippen LogP contribution in [0.5, 0.6) is 0 Å². The van der Waals surface area contributed by atoms with Crippen molar-refractivity contribution in [2.24, 2.45) is 0 Å². The van der Waals surface area contributed by atoms with Gasteiger partial charge in [0.2, 0.25) is 5.76 Å². The molecule has 0 radical (unpaired) electrons. The summed E-state index contributed by atoms with van der Waals surface area (Å²) in [6.45, 7) is 1.95. The summed E-state index contributed by atoms with van der Waals surface area (Å²) in [6.07, 6.45) is 1.33. The third-order valence-corrected chi connectivity index (χ3v) is 4.82. The Kier molecular flexibility index (Phi) is 4.72. The molecule has 0 aliphatic heterocycles. The van der Waals surface area contributed by atoms with Crippen molar-refractivity contribution < 1.29 is 18.3 Å². The second-order valence-electron chi connectivity index (χ2n) is 6.11. The molecule has 4 rings (SSSR count). The highest BCUT2D eigenvalue weighted by Crippen LogP contribution is 2.30. The van der Waals surface area contributed by atoms with Crippen LogP contribution >= 0.6 is 15.9 Å². The molecule has 0 amide bonds. The number of rotatable bonds is 4. The molecule has 2 heterocycles. The third kappa shape index (κ3) is 3.20. The van der Waals surface area contributed by atoms with Crippen molar-refractivity contribution >= 4 is 43.8 Å². The van der Waals surface area contributed by atoms with Crippen LogP contribution in [0.4, 0.5) is 4.39 Å². The minimum Gasteiger partial charge on any atom is -0.460 e. The van der Waals surface area contributed by atoms with Gasteiger partial charge in [-0.3, -0.25) is 9.36 Å². The lowest BCUT2D eigenvalue weighted by Crippen LogP contribution is -2.22. The van der Waals surface area contributed by atoms with Crippen LogP contribution in [0.25, 0.3) is 21.9 Å². The lowest BCUT2D eigenvalue weighted by molar-refractivity contribution is 0.0490. The van der Waals surface area contributed by atoms with E-state index in [9.17, 15) is 14.0 Å². The van der Waals surface area contributed by atoms with Gasteiger partial charge in [0.25, 0.3) is 5.56 Å². The van der Waals surface area contributed by atoms with Gasteiger partial charge in [0.05, 0.1) is 30.4 Å². The fraction of sp³-hybridized carbons (Fsp3) is 0.150. The second-order valence-corrected chi connectivity index (χ2v) is 7.03. The van der Waals surface area contributed by atoms with E-state index in [-0.39, 0.29) is 35.4 Å². The van der Waals surface area contributed by atoms with Crippen LogP contribution < -0.4 is 5.56 Å². The number of nitrogens with zero attached hydrogens (tertiary/aromatic N) is 2. The van der Waals surface area contributed by atoms with E-state index in [0.717, 1.165) is 4.47 Å². The quantitative estimate of drug-likeness (QED) is 0.439. The summed E-state index contributed by atoms with van der Waals surface area (Å²) < 4.78 is 26.3. The van der Waals surface area contributed by atoms with E-state index in [4.69, 9.17) is 9.15 Å². The molecule has 0 N–H and O–H groups in total. The minimum absolute atomic E-state index is 0.0426. The van der Waals surface area contributed by atoms with Crippen LogP contribution in [0.15, 0.2) is 56.4 Å². The number of ether oxygens (including phenoxy) is 1. The molecule has 0 fully saturated rings. The van der Waals surface area contributed by atoms with Crippen molar-refractivity contribution in [1.29, 1.82) is 0 Å². The Balaban J connectivity index is 1.88. The highest BCUT2D eigenvalue weighted by atomic mass is 79.9. The molecule has 0 atom stereocenters. The van der Waals surface area contributed by atoms with Crippen LogP contribution in [0.3, 0.4) is 0 Å². The van der Waals surface area contributed by atoms with Crippen LogP contribution in [0, 0.1) is 5.82 Å². The normalized spacial score (nSPS) is 11.2. The topological polar surface area (TPSA) is 74.3 Å². The van der Waals surface area contributed by atoms with Gasteiger partial charge in [-0.25, -0.2) is 14.2 Å². The standard InChI is InChI=1S/C20H14BrFN2O4/c1-2-27-20(26)18-15(14-7-11(21)3-6-17(14)28-18)9-24-10-23-16-8-12(22)4-5-13(16)19(24)25/h3-8,10H,2,9H2,1H3. The van der Waals surface area contributed by atoms with E-state index in [1.54, 1.807) is 19.1 Å². The zero-order chi connectivity index (χ0) is 19.8. The molecule has 2 aromatic carbocycles. The van der Waals surface area contributed by atoms with Crippen LogP contribution in [-0.4, -0.2) is 22.1 Å². The number of halogens is 2. The molecule has 0 spiro atoms. The van der Waals surface area contributed by atoms with Gasteiger partial charge in [-0.15, -0.1) is 0 Å². The summed E-state index contributed by atoms with van der Waals surface area (Å²) in [4.78, 5) is 29.4. The smallest absolute Gasteiger partial charge is 0.374 e. The summed E-state index contributed by atoms with van der Waals surface area (Å²) in [5.41, 5.74) is 0.945. The van der Waals surface area contributed by atoms with Crippen molar-refractivity contribution in [2.45, 2.75) is 13.5 Å². The first-order chi connectivity index (χ1) is 13.5. The van der Waals surface area contributed by atoms with Gasteiger partial charge in [0.1, 0.15) is 11.4 Å². The highest BCUT2D eigenvalue weighted by molar-refractivity contribution is 9.10. The first-order valence-electron chi connectivity index (χ1n) is 8.50. The Labute approximate surface area is 166 Å². The molecule has 6 nitrogen and oxygen atoms in total. The third-order valence-electron chi connectivity index (χ3n) is 4.33. The lowest BCUT2D eigenvalue weighted by Gasteiger charge is -2.08. The summed E-state index contributed by atoms with van der Waals surface area (Å²) in [5, 5.41) is 0.971. The van der Waals surface area contributed by atoms with Gasteiger partial charge >= 0.3 is 5.97 Å². The minimum atomic E-state index is -0.603. The molecular formula is C20H14BrFN2O4. The maximum Gasteiger partial charge on any atom is 0.374 e. The van der Waals surface area contributed by atoms with Crippen molar-refractivity contribution in [2.75, 3.05) is 6.61 Å². The SMILES string of the molecule is CCOC(=O)c1oc2ccc(Br)cc2c1Cn1cnc2cc(F)ccc2c1=O. The predicted octanol–water partition coefficient (Wildman–Crippen LogP) is 4.27. The number of carbonyl (C=O) groups is 1. The fourth-order valence-electron chi connectivity index (χ4n) is 3.05. The van der Waals surface area contributed by atoms with E-state index in [0.29, 0.717) is 16.5 Å². The summed E-state index contributed by atoms with van der Waals surface area (Å²) in [7, 11) is 0. The van der Waals surface area contributed by atoms with E-state index in [2.05, 4.69) is 20.9 Å². The number of benzene rings is 2. The number of carbonyl (C=O) groups excluding carboxylic acids is 1. The largest absolute Gasteiger partial charge is 0.460 e. The molecule has 4 aromatic rings. The van der Waals surface area contributed by atoms with Crippen molar-refractivity contribution in [3.05, 3.63) is 74.7 Å². The Morgan fingerprint density at radius 1 is 1.25 bits per heavy atom. The van der Waals surface area contributed by atoms with E-state index < -0.39 is 11.8 Å². The van der Waals surface area contributed by atoms with Gasteiger partial charge < -0.3 is 9.15 Å². The Bertz CT molecular complexity index is 1280. The number of hydrogen-bond acceptors (Lipinski definition) is 5. The summed E-state index contributed by atoms with van der Waals surface area (Å²) >= 11 is 3.41. The molecule has 0 bridgehead atoms. The molecule has 0 saturated heterocycles. The zero-order valence-electron chi connectivity index (χ0n) is 14.7. The number of hydrogen-bond donors (Lipinski definition) is 0. The van der Waals surface area contributed by atoms with Gasteiger partial charge in [0.15, 0.2) is 0 Å². The first kappa shape index (κ1) is 18.4. The Hall–Kier alpha value is -3.00. The lowest BCUT2D eigenvalue weighted by atomic mass is 10.1. The maximum atomic E-state index is 13.4. The Morgan fingerprint density at radius 2 is 2.07 bits per heavy atom. The molecule has 28 heavy (non-hydrogen) atoms. The van der Waals surface area contributed by atoms with Crippen molar-refractivity contribution in [1.82, 2.24) is 9.55 Å². The first-order valence-corrected chi connectivity index (χ1v) is 9.30. The number of esters is 1. The highest BCUT2D eigenvalue weighted by Gasteiger charge is 2.23. The van der Waals surface area contributed by atoms with Crippen molar-refractivity contribution in [3.63, 3.8) is 0 Å². The average Bonchev–Trinajstić information content (AvgIpc) is 3.02. The van der Waals surface area contributed by atoms with Crippen LogP contribution in [0.2, 0.25) is 0 Å². The Morgan fingerprint density at radius 3 is 2.86 bits per heavy atom. The monoisotopic (exact) mass is 444 g/mol. The van der Waals surface area contributed by atoms with Crippen LogP contribution in [-0.2, 0) is 11.3 Å². The van der Waals surface area contributed by atoms with Gasteiger partial charge in [-0.05, 0) is 37.3 Å². The summed E-state index contributed by atoms with van der Waals surface area (Å²) in [5.74, 6) is -1.03. The van der Waals surface area contributed by atoms with Crippen molar-refractivity contribution in [3.8, 4) is 0 Å². The molecule has 8 heteroatoms. The molecule has 0 saturated carbocycles. The molecule has 0 aliphatic rings. The zero-order valence-corrected chi connectivity index (χ0v) is 16.3. The van der Waals surface area contributed by atoms with E-state index in [1.165, 1.54) is 29.1 Å². The molecule has 0 aliphatic carbocycles. The number of aromatic nitrogens is 2. The molecule has 142 valence electrons. The molecule has 2 aromatic heterocycles. The van der Waals surface area contributed by atoms with Gasteiger partial charge in [0, 0.05) is 21.5 Å². The second kappa shape index (κ2) is 7.20. The number of furan rings is 1. The fourth-order valence-corrected chi connectivity index (χ4v) is 3.41. The van der Waals surface area contributed by atoms with Gasteiger partial charge in [-0.2, -0.15) is 0 Å². The maximum absolute atomic E-state index is 13.4.